The molecule has 0 radical (unpaired) electrons. The van der Waals surface area contributed by atoms with Crippen molar-refractivity contribution in [3.63, 3.8) is 0 Å². The van der Waals surface area contributed by atoms with Gasteiger partial charge in [-0.05, 0) is 47.0 Å². The Bertz CT molecular complexity index is 1210. The lowest BCUT2D eigenvalue weighted by Gasteiger charge is -2.42. The molecule has 0 saturated heterocycles. The van der Waals surface area contributed by atoms with E-state index in [-0.39, 0.29) is 18.5 Å². The summed E-state index contributed by atoms with van der Waals surface area (Å²) in [6, 6.07) is 17.1. The van der Waals surface area contributed by atoms with Gasteiger partial charge in [0.15, 0.2) is 5.82 Å². The van der Waals surface area contributed by atoms with Crippen LogP contribution in [0.4, 0.5) is 5.82 Å². The normalized spacial score (nSPS) is 17.2. The van der Waals surface area contributed by atoms with Crippen LogP contribution in [-0.2, 0) is 4.79 Å². The third kappa shape index (κ3) is 6.37. The lowest BCUT2D eigenvalue weighted by molar-refractivity contribution is -0.137. The molecule has 2 heterocycles. The van der Waals surface area contributed by atoms with Gasteiger partial charge >= 0.3 is 5.97 Å². The van der Waals surface area contributed by atoms with Crippen LogP contribution in [0.25, 0.3) is 22.5 Å². The van der Waals surface area contributed by atoms with Crippen LogP contribution >= 0.6 is 0 Å². The van der Waals surface area contributed by atoms with Crippen molar-refractivity contribution in [2.24, 2.45) is 0 Å². The summed E-state index contributed by atoms with van der Waals surface area (Å²) in [5, 5.41) is 20.1. The predicted octanol–water partition coefficient (Wildman–Crippen LogP) is 6.87. The molecule has 6 nitrogen and oxygen atoms in total. The number of hydrogen-bond acceptors (Lipinski definition) is 5. The molecule has 2 aromatic carbocycles. The number of rotatable bonds is 10. The highest BCUT2D eigenvalue weighted by atomic mass is 16.4. The Morgan fingerprint density at radius 3 is 1.97 bits per heavy atom. The monoisotopic (exact) mass is 501 g/mol. The van der Waals surface area contributed by atoms with E-state index in [1.54, 1.807) is 0 Å². The van der Waals surface area contributed by atoms with E-state index in [2.05, 4.69) is 81.1 Å². The van der Waals surface area contributed by atoms with E-state index in [9.17, 15) is 9.90 Å². The molecule has 2 N–H and O–H groups in total. The summed E-state index contributed by atoms with van der Waals surface area (Å²) >= 11 is 0. The standard InChI is InChI=1S/C31H39N3O3/c1-20(2)34-25(9-7-5-6-8-10-27(36)37)19-26(35)30-31(34)33-29(24-17-13-22(4)14-18-24)28(32-30)23-15-11-21(3)12-16-23/h11-18,20,25-26,35H,5-10,19H2,1-4H3,(H,36,37). The number of nitrogens with zero attached hydrogens (tertiary/aromatic N) is 3. The highest BCUT2D eigenvalue weighted by Crippen LogP contribution is 2.41. The smallest absolute Gasteiger partial charge is 0.303 e. The van der Waals surface area contributed by atoms with Crippen molar-refractivity contribution >= 4 is 11.8 Å². The lowest BCUT2D eigenvalue weighted by atomic mass is 9.92. The van der Waals surface area contributed by atoms with Crippen molar-refractivity contribution in [3.8, 4) is 22.5 Å². The number of carboxylic acid groups (broad SMARTS) is 1. The molecule has 4 rings (SSSR count). The fraction of sp³-hybridized carbons (Fsp3) is 0.452. The van der Waals surface area contributed by atoms with Crippen LogP contribution in [0.1, 0.15) is 81.7 Å². The summed E-state index contributed by atoms with van der Waals surface area (Å²) in [6.45, 7) is 8.48. The van der Waals surface area contributed by atoms with E-state index in [1.165, 1.54) is 11.1 Å². The Labute approximate surface area is 220 Å². The quantitative estimate of drug-likeness (QED) is 0.295. The van der Waals surface area contributed by atoms with Crippen molar-refractivity contribution in [3.05, 3.63) is 65.4 Å². The fourth-order valence-electron chi connectivity index (χ4n) is 5.27. The van der Waals surface area contributed by atoms with Gasteiger partial charge < -0.3 is 15.1 Å². The first kappa shape index (κ1) is 26.8. The van der Waals surface area contributed by atoms with Crippen LogP contribution in [0, 0.1) is 13.8 Å². The van der Waals surface area contributed by atoms with Crippen LogP contribution in [0.3, 0.4) is 0 Å². The molecule has 0 aliphatic carbocycles. The molecular weight excluding hydrogens is 462 g/mol. The van der Waals surface area contributed by atoms with E-state index in [1.807, 2.05) is 0 Å². The van der Waals surface area contributed by atoms with Gasteiger partial charge in [0.2, 0.25) is 0 Å². The van der Waals surface area contributed by atoms with Crippen molar-refractivity contribution in [2.75, 3.05) is 4.90 Å². The summed E-state index contributed by atoms with van der Waals surface area (Å²) in [4.78, 5) is 23.4. The summed E-state index contributed by atoms with van der Waals surface area (Å²) < 4.78 is 0. The summed E-state index contributed by atoms with van der Waals surface area (Å²) in [6.07, 6.45) is 4.72. The summed E-state index contributed by atoms with van der Waals surface area (Å²) in [5.41, 5.74) is 6.64. The van der Waals surface area contributed by atoms with E-state index < -0.39 is 12.1 Å². The highest BCUT2D eigenvalue weighted by molar-refractivity contribution is 5.80. The maximum absolute atomic E-state index is 11.3. The average Bonchev–Trinajstić information content (AvgIpc) is 2.86. The number of unbranched alkanes of at least 4 members (excludes halogenated alkanes) is 3. The molecule has 37 heavy (non-hydrogen) atoms. The first-order valence-electron chi connectivity index (χ1n) is 13.5. The average molecular weight is 502 g/mol. The second-order valence-electron chi connectivity index (χ2n) is 10.6. The minimum absolute atomic E-state index is 0.160. The van der Waals surface area contributed by atoms with Gasteiger partial charge in [-0.15, -0.1) is 0 Å². The number of aliphatic carboxylic acids is 1. The molecule has 196 valence electrons. The maximum Gasteiger partial charge on any atom is 0.303 e. The van der Waals surface area contributed by atoms with E-state index in [4.69, 9.17) is 15.1 Å². The number of aromatic nitrogens is 2. The largest absolute Gasteiger partial charge is 0.481 e. The molecule has 1 aromatic heterocycles. The van der Waals surface area contributed by atoms with E-state index >= 15 is 0 Å². The van der Waals surface area contributed by atoms with Gasteiger partial charge in [-0.1, -0.05) is 78.9 Å². The zero-order chi connectivity index (χ0) is 26.5. The molecule has 1 aliphatic heterocycles. The van der Waals surface area contributed by atoms with Gasteiger partial charge in [0, 0.05) is 29.6 Å². The van der Waals surface area contributed by atoms with Crippen molar-refractivity contribution in [2.45, 2.75) is 90.8 Å². The number of carbonyl (C=O) groups is 1. The van der Waals surface area contributed by atoms with Gasteiger partial charge in [0.25, 0.3) is 0 Å². The molecule has 0 bridgehead atoms. The molecule has 2 unspecified atom stereocenters. The number of aryl methyl sites for hydroxylation is 2. The molecular formula is C31H39N3O3. The van der Waals surface area contributed by atoms with Crippen molar-refractivity contribution < 1.29 is 15.0 Å². The van der Waals surface area contributed by atoms with Crippen LogP contribution in [0.15, 0.2) is 48.5 Å². The Morgan fingerprint density at radius 1 is 0.892 bits per heavy atom. The van der Waals surface area contributed by atoms with E-state index in [0.29, 0.717) is 18.5 Å². The number of fused-ring (bicyclic) bond motifs is 1. The molecule has 1 aliphatic rings. The summed E-state index contributed by atoms with van der Waals surface area (Å²) in [7, 11) is 0. The highest BCUT2D eigenvalue weighted by Gasteiger charge is 2.36. The Hall–Kier alpha value is -3.25. The molecule has 0 fully saturated rings. The van der Waals surface area contributed by atoms with Crippen molar-refractivity contribution in [1.82, 2.24) is 9.97 Å². The fourth-order valence-corrected chi connectivity index (χ4v) is 5.27. The number of benzene rings is 2. The molecule has 0 amide bonds. The zero-order valence-corrected chi connectivity index (χ0v) is 22.4. The zero-order valence-electron chi connectivity index (χ0n) is 22.4. The Balaban J connectivity index is 1.70. The topological polar surface area (TPSA) is 86.6 Å². The first-order valence-corrected chi connectivity index (χ1v) is 13.5. The van der Waals surface area contributed by atoms with Gasteiger partial charge in [0.05, 0.1) is 11.4 Å². The maximum atomic E-state index is 11.3. The third-order valence-electron chi connectivity index (χ3n) is 7.24. The number of anilines is 1. The lowest BCUT2D eigenvalue weighted by Crippen LogP contribution is -2.46. The van der Waals surface area contributed by atoms with Crippen molar-refractivity contribution in [1.29, 1.82) is 0 Å². The van der Waals surface area contributed by atoms with Gasteiger partial charge in [-0.2, -0.15) is 0 Å². The minimum Gasteiger partial charge on any atom is -0.481 e. The predicted molar refractivity (Wildman–Crippen MR) is 149 cm³/mol. The SMILES string of the molecule is Cc1ccc(-c2nc3c(nc2-c2ccc(C)cc2)N(C(C)C)C(CCCCCCC(=O)O)CC3O)cc1. The van der Waals surface area contributed by atoms with E-state index in [0.717, 1.165) is 54.0 Å². The third-order valence-corrected chi connectivity index (χ3v) is 7.24. The van der Waals surface area contributed by atoms with Gasteiger partial charge in [-0.3, -0.25) is 4.79 Å². The van der Waals surface area contributed by atoms with Gasteiger partial charge in [0.1, 0.15) is 11.8 Å². The number of aliphatic hydroxyl groups excluding tert-OH is 1. The number of hydrogen-bond donors (Lipinski definition) is 2. The second kappa shape index (κ2) is 11.9. The number of aliphatic hydroxyl groups is 1. The van der Waals surface area contributed by atoms with Crippen LogP contribution in [0.2, 0.25) is 0 Å². The van der Waals surface area contributed by atoms with Gasteiger partial charge in [-0.25, -0.2) is 9.97 Å². The number of carboxylic acids is 1. The molecule has 0 spiro atoms. The second-order valence-corrected chi connectivity index (χ2v) is 10.6. The molecule has 2 atom stereocenters. The molecule has 0 saturated carbocycles. The first-order chi connectivity index (χ1) is 17.7. The summed E-state index contributed by atoms with van der Waals surface area (Å²) in [5.74, 6) is 0.0435. The Morgan fingerprint density at radius 2 is 1.43 bits per heavy atom. The Kier molecular flexibility index (Phi) is 8.59. The molecule has 3 aromatic rings. The van der Waals surface area contributed by atoms with Crippen LogP contribution < -0.4 is 4.90 Å². The van der Waals surface area contributed by atoms with Crippen LogP contribution in [0.5, 0.6) is 0 Å². The minimum atomic E-state index is -0.731. The molecule has 6 heteroatoms. The van der Waals surface area contributed by atoms with Crippen LogP contribution in [-0.4, -0.2) is 38.2 Å².